The minimum atomic E-state index is -1.45. The normalized spacial score (nSPS) is 14.9. The van der Waals surface area contributed by atoms with Gasteiger partial charge in [0.05, 0.1) is 11.3 Å². The SMILES string of the molecule is CC(=O)Nc1cccc2c1C(=O)C(C(=O)c1ccc(Oc3ccccc3)cc1)C2=O. The number of Topliss-reactive ketones (excluding diaryl/α,β-unsaturated/α-hetero) is 3. The Labute approximate surface area is 172 Å². The van der Waals surface area contributed by atoms with Crippen molar-refractivity contribution in [1.29, 1.82) is 0 Å². The molecule has 0 saturated carbocycles. The topological polar surface area (TPSA) is 89.5 Å². The van der Waals surface area contributed by atoms with Crippen molar-refractivity contribution in [3.8, 4) is 11.5 Å². The minimum absolute atomic E-state index is 0.0834. The van der Waals surface area contributed by atoms with Gasteiger partial charge >= 0.3 is 0 Å². The van der Waals surface area contributed by atoms with E-state index in [4.69, 9.17) is 4.74 Å². The average Bonchev–Trinajstić information content (AvgIpc) is 2.99. The van der Waals surface area contributed by atoms with Crippen molar-refractivity contribution in [2.75, 3.05) is 5.32 Å². The van der Waals surface area contributed by atoms with Crippen molar-refractivity contribution in [3.05, 3.63) is 89.5 Å². The number of carbonyl (C=O) groups is 4. The first-order valence-electron chi connectivity index (χ1n) is 9.32. The molecule has 1 unspecified atom stereocenters. The smallest absolute Gasteiger partial charge is 0.221 e. The molecule has 1 aliphatic rings. The highest BCUT2D eigenvalue weighted by atomic mass is 16.5. The number of anilines is 1. The molecule has 6 nitrogen and oxygen atoms in total. The molecule has 0 aromatic heterocycles. The third-order valence-electron chi connectivity index (χ3n) is 4.79. The van der Waals surface area contributed by atoms with E-state index in [1.54, 1.807) is 30.3 Å². The van der Waals surface area contributed by atoms with Gasteiger partial charge in [-0.15, -0.1) is 0 Å². The van der Waals surface area contributed by atoms with Gasteiger partial charge in [0, 0.05) is 18.1 Å². The molecule has 0 spiro atoms. The van der Waals surface area contributed by atoms with E-state index in [-0.39, 0.29) is 28.3 Å². The highest BCUT2D eigenvalue weighted by molar-refractivity contribution is 6.39. The van der Waals surface area contributed by atoms with Crippen molar-refractivity contribution >= 4 is 28.9 Å². The van der Waals surface area contributed by atoms with Crippen LogP contribution in [0.4, 0.5) is 5.69 Å². The molecule has 6 heteroatoms. The molecule has 1 amide bonds. The van der Waals surface area contributed by atoms with Gasteiger partial charge in [-0.1, -0.05) is 30.3 Å². The molecule has 4 rings (SSSR count). The molecule has 0 heterocycles. The number of ether oxygens (including phenoxy) is 1. The highest BCUT2D eigenvalue weighted by Gasteiger charge is 2.44. The van der Waals surface area contributed by atoms with Crippen LogP contribution in [0.5, 0.6) is 11.5 Å². The summed E-state index contributed by atoms with van der Waals surface area (Å²) in [6.45, 7) is 1.31. The van der Waals surface area contributed by atoms with Crippen molar-refractivity contribution < 1.29 is 23.9 Å². The first-order chi connectivity index (χ1) is 14.5. The molecule has 3 aromatic rings. The summed E-state index contributed by atoms with van der Waals surface area (Å²) in [6, 6.07) is 20.0. The number of nitrogens with one attached hydrogen (secondary N) is 1. The van der Waals surface area contributed by atoms with E-state index in [0.29, 0.717) is 11.5 Å². The largest absolute Gasteiger partial charge is 0.457 e. The van der Waals surface area contributed by atoms with Crippen LogP contribution in [-0.2, 0) is 4.79 Å². The van der Waals surface area contributed by atoms with Gasteiger partial charge in [0.2, 0.25) is 5.91 Å². The van der Waals surface area contributed by atoms with Crippen LogP contribution in [-0.4, -0.2) is 23.3 Å². The van der Waals surface area contributed by atoms with Crippen LogP contribution in [0.3, 0.4) is 0 Å². The number of ketones is 3. The zero-order chi connectivity index (χ0) is 21.3. The first-order valence-corrected chi connectivity index (χ1v) is 9.32. The molecule has 0 bridgehead atoms. The predicted molar refractivity (Wildman–Crippen MR) is 110 cm³/mol. The van der Waals surface area contributed by atoms with Crippen LogP contribution in [0.2, 0.25) is 0 Å². The highest BCUT2D eigenvalue weighted by Crippen LogP contribution is 2.34. The summed E-state index contributed by atoms with van der Waals surface area (Å²) < 4.78 is 5.70. The van der Waals surface area contributed by atoms with Crippen LogP contribution >= 0.6 is 0 Å². The van der Waals surface area contributed by atoms with E-state index in [0.717, 1.165) is 0 Å². The minimum Gasteiger partial charge on any atom is -0.457 e. The standard InChI is InChI=1S/C24H17NO5/c1-14(26)25-19-9-5-8-18-20(19)24(29)21(23(18)28)22(27)15-10-12-17(13-11-15)30-16-6-3-2-4-7-16/h2-13,21H,1H3,(H,25,26). The number of fused-ring (bicyclic) bond motifs is 1. The van der Waals surface area contributed by atoms with Gasteiger partial charge in [-0.05, 0) is 42.5 Å². The second kappa shape index (κ2) is 7.75. The van der Waals surface area contributed by atoms with E-state index in [2.05, 4.69) is 5.32 Å². The second-order valence-corrected chi connectivity index (χ2v) is 6.87. The van der Waals surface area contributed by atoms with Gasteiger partial charge in [-0.2, -0.15) is 0 Å². The number of hydrogen-bond donors (Lipinski definition) is 1. The lowest BCUT2D eigenvalue weighted by Crippen LogP contribution is -2.25. The van der Waals surface area contributed by atoms with Crippen molar-refractivity contribution in [2.45, 2.75) is 6.92 Å². The van der Waals surface area contributed by atoms with Gasteiger partial charge in [0.15, 0.2) is 17.3 Å². The Bertz CT molecular complexity index is 1170. The lowest BCUT2D eigenvalue weighted by molar-refractivity contribution is -0.114. The maximum atomic E-state index is 13.0. The van der Waals surface area contributed by atoms with E-state index in [1.807, 2.05) is 18.2 Å². The number of amides is 1. The molecular formula is C24H17NO5. The van der Waals surface area contributed by atoms with Gasteiger partial charge < -0.3 is 10.1 Å². The fourth-order valence-corrected chi connectivity index (χ4v) is 3.45. The predicted octanol–water partition coefficient (Wildman–Crippen LogP) is 4.32. The fourth-order valence-electron chi connectivity index (χ4n) is 3.45. The van der Waals surface area contributed by atoms with E-state index >= 15 is 0 Å². The average molecular weight is 399 g/mol. The molecule has 1 aliphatic carbocycles. The summed E-state index contributed by atoms with van der Waals surface area (Å²) in [4.78, 5) is 50.1. The van der Waals surface area contributed by atoms with Gasteiger partial charge in [-0.3, -0.25) is 19.2 Å². The van der Waals surface area contributed by atoms with E-state index in [9.17, 15) is 19.2 Å². The van der Waals surface area contributed by atoms with Gasteiger partial charge in [-0.25, -0.2) is 0 Å². The number of benzene rings is 3. The summed E-state index contributed by atoms with van der Waals surface area (Å²) >= 11 is 0. The number of carbonyl (C=O) groups excluding carboxylic acids is 4. The molecule has 0 aliphatic heterocycles. The Kier molecular flexibility index (Phi) is 4.98. The molecule has 3 aromatic carbocycles. The molecule has 0 radical (unpaired) electrons. The quantitative estimate of drug-likeness (QED) is 0.510. The number of para-hydroxylation sites is 1. The van der Waals surface area contributed by atoms with E-state index in [1.165, 1.54) is 31.2 Å². The summed E-state index contributed by atoms with van der Waals surface area (Å²) in [6.07, 6.45) is 0. The van der Waals surface area contributed by atoms with Gasteiger partial charge in [0.25, 0.3) is 0 Å². The zero-order valence-corrected chi connectivity index (χ0v) is 16.0. The molecule has 0 saturated heterocycles. The maximum Gasteiger partial charge on any atom is 0.221 e. The molecule has 1 N–H and O–H groups in total. The van der Waals surface area contributed by atoms with E-state index < -0.39 is 23.3 Å². The molecule has 30 heavy (non-hydrogen) atoms. The second-order valence-electron chi connectivity index (χ2n) is 6.87. The molecule has 0 fully saturated rings. The molecular weight excluding hydrogens is 382 g/mol. The van der Waals surface area contributed by atoms with Gasteiger partial charge in [0.1, 0.15) is 17.4 Å². The summed E-state index contributed by atoms with van der Waals surface area (Å²) in [5.41, 5.74) is 0.699. The van der Waals surface area contributed by atoms with Crippen LogP contribution in [0.15, 0.2) is 72.8 Å². The first kappa shape index (κ1) is 19.3. The van der Waals surface area contributed by atoms with Crippen LogP contribution in [0.25, 0.3) is 0 Å². The molecule has 1 atom stereocenters. The van der Waals surface area contributed by atoms with Crippen LogP contribution < -0.4 is 10.1 Å². The lowest BCUT2D eigenvalue weighted by Gasteiger charge is -2.09. The Morgan fingerprint density at radius 3 is 2.13 bits per heavy atom. The summed E-state index contributed by atoms with van der Waals surface area (Å²) in [7, 11) is 0. The monoisotopic (exact) mass is 399 g/mol. The van der Waals surface area contributed by atoms with Crippen LogP contribution in [0.1, 0.15) is 38.0 Å². The number of rotatable bonds is 5. The number of hydrogen-bond acceptors (Lipinski definition) is 5. The third kappa shape index (κ3) is 3.51. The van der Waals surface area contributed by atoms with Crippen molar-refractivity contribution in [3.63, 3.8) is 0 Å². The van der Waals surface area contributed by atoms with Crippen molar-refractivity contribution in [2.24, 2.45) is 5.92 Å². The summed E-state index contributed by atoms with van der Waals surface area (Å²) in [5, 5.41) is 2.55. The Balaban J connectivity index is 1.58. The zero-order valence-electron chi connectivity index (χ0n) is 16.0. The Hall–Kier alpha value is -4.06. The van der Waals surface area contributed by atoms with Crippen LogP contribution in [0, 0.1) is 5.92 Å². The lowest BCUT2D eigenvalue weighted by atomic mass is 9.93. The van der Waals surface area contributed by atoms with Crippen molar-refractivity contribution in [1.82, 2.24) is 0 Å². The Morgan fingerprint density at radius 2 is 1.47 bits per heavy atom. The fraction of sp³-hybridized carbons (Fsp3) is 0.0833. The maximum absolute atomic E-state index is 13.0. The third-order valence-corrected chi connectivity index (χ3v) is 4.79. The Morgan fingerprint density at radius 1 is 0.800 bits per heavy atom. The summed E-state index contributed by atoms with van der Waals surface area (Å²) in [5.74, 6) is -2.38. The molecule has 148 valence electrons.